The average molecular weight is 414 g/mol. The summed E-state index contributed by atoms with van der Waals surface area (Å²) in [6.45, 7) is 4.99. The van der Waals surface area contributed by atoms with Crippen LogP contribution in [0, 0.1) is 0 Å². The van der Waals surface area contributed by atoms with Crippen molar-refractivity contribution in [1.29, 1.82) is 0 Å². The molecule has 1 unspecified atom stereocenters. The third-order valence-corrected chi connectivity index (χ3v) is 4.37. The maximum absolute atomic E-state index is 12.4. The van der Waals surface area contributed by atoms with Crippen LogP contribution in [0.5, 0.6) is 0 Å². The first-order chi connectivity index (χ1) is 13.8. The van der Waals surface area contributed by atoms with E-state index in [4.69, 9.17) is 16.3 Å². The molecule has 0 radical (unpaired) electrons. The quantitative estimate of drug-likeness (QED) is 0.443. The zero-order valence-electron chi connectivity index (χ0n) is 15.3. The maximum Gasteiger partial charge on any atom is 0.338 e. The van der Waals surface area contributed by atoms with Gasteiger partial charge in [-0.05, 0) is 37.3 Å². The van der Waals surface area contributed by atoms with E-state index >= 15 is 0 Å². The highest BCUT2D eigenvalue weighted by molar-refractivity contribution is 6.30. The molecule has 0 saturated carbocycles. The Morgan fingerprint density at radius 2 is 1.97 bits per heavy atom. The molecule has 0 aliphatic carbocycles. The van der Waals surface area contributed by atoms with Crippen molar-refractivity contribution in [1.82, 2.24) is 9.88 Å². The minimum absolute atomic E-state index is 0.0506. The average Bonchev–Trinajstić information content (AvgIpc) is 2.94. The first-order valence-corrected chi connectivity index (χ1v) is 8.94. The third-order valence-electron chi connectivity index (χ3n) is 4.15. The lowest BCUT2D eigenvalue weighted by Crippen LogP contribution is -2.30. The number of rotatable bonds is 6. The zero-order chi connectivity index (χ0) is 21.1. The molecule has 0 spiro atoms. The summed E-state index contributed by atoms with van der Waals surface area (Å²) in [6, 6.07) is 7.10. The lowest BCUT2D eigenvalue weighted by Gasteiger charge is -2.13. The van der Waals surface area contributed by atoms with E-state index < -0.39 is 29.8 Å². The van der Waals surface area contributed by atoms with Crippen LogP contribution in [0.2, 0.25) is 5.02 Å². The second-order valence-electron chi connectivity index (χ2n) is 6.17. The van der Waals surface area contributed by atoms with E-state index in [9.17, 15) is 19.2 Å². The molecule has 9 heteroatoms. The molecule has 1 aromatic carbocycles. The smallest absolute Gasteiger partial charge is 0.338 e. The van der Waals surface area contributed by atoms with Gasteiger partial charge in [0.05, 0.1) is 21.7 Å². The van der Waals surface area contributed by atoms with Crippen molar-refractivity contribution in [2.45, 2.75) is 13.0 Å². The number of esters is 1. The number of halogens is 1. The van der Waals surface area contributed by atoms with Crippen LogP contribution in [0.25, 0.3) is 0 Å². The summed E-state index contributed by atoms with van der Waals surface area (Å²) in [7, 11) is 0. The second-order valence-corrected chi connectivity index (χ2v) is 6.60. The molecule has 1 aromatic heterocycles. The van der Waals surface area contributed by atoms with E-state index in [1.54, 1.807) is 6.07 Å². The van der Waals surface area contributed by atoms with E-state index in [0.717, 1.165) is 4.90 Å². The van der Waals surface area contributed by atoms with Crippen LogP contribution in [-0.4, -0.2) is 46.2 Å². The highest BCUT2D eigenvalue weighted by Gasteiger charge is 2.35. The number of ether oxygens (including phenoxy) is 1. The number of imide groups is 1. The molecule has 2 heterocycles. The predicted molar refractivity (Wildman–Crippen MR) is 105 cm³/mol. The number of carbonyl (C=O) groups is 4. The van der Waals surface area contributed by atoms with Gasteiger partial charge in [0, 0.05) is 12.7 Å². The maximum atomic E-state index is 12.4. The number of benzene rings is 1. The number of anilines is 1. The van der Waals surface area contributed by atoms with Gasteiger partial charge < -0.3 is 10.1 Å². The highest BCUT2D eigenvalue weighted by Crippen LogP contribution is 2.24. The fraction of sp³-hybridized carbons (Fsp3) is 0.150. The van der Waals surface area contributed by atoms with Crippen LogP contribution in [0.3, 0.4) is 0 Å². The number of nitrogens with zero attached hydrogens (tertiary/aromatic N) is 2. The molecule has 3 amide bonds. The minimum atomic E-state index is -1.12. The normalized spacial score (nSPS) is 13.7. The highest BCUT2D eigenvalue weighted by atomic mass is 35.5. The summed E-state index contributed by atoms with van der Waals surface area (Å²) in [5, 5.41) is 2.91. The van der Waals surface area contributed by atoms with Crippen molar-refractivity contribution in [3.63, 3.8) is 0 Å². The van der Waals surface area contributed by atoms with E-state index in [-0.39, 0.29) is 29.1 Å². The number of aromatic nitrogens is 1. The predicted octanol–water partition coefficient (Wildman–Crippen LogP) is 2.70. The molecular formula is C20H16ClN3O5. The minimum Gasteiger partial charge on any atom is -0.449 e. The number of nitrogens with one attached hydrogen (secondary N) is 1. The second kappa shape index (κ2) is 8.24. The number of carbonyl (C=O) groups excluding carboxylic acids is 4. The standard InChI is InChI=1S/C20H16ClN3O5/c1-3-8-24-18(26)14-6-4-12(9-15(14)19(24)27)20(28)29-11(2)17(25)23-16-7-5-13(21)10-22-16/h3-7,9-11H,1,8H2,2H3,(H,22,23,25). The van der Waals surface area contributed by atoms with Gasteiger partial charge in [-0.15, -0.1) is 6.58 Å². The molecule has 3 rings (SSSR count). The lowest BCUT2D eigenvalue weighted by molar-refractivity contribution is -0.123. The fourth-order valence-electron chi connectivity index (χ4n) is 2.67. The summed E-state index contributed by atoms with van der Waals surface area (Å²) < 4.78 is 5.16. The Labute approximate surface area is 171 Å². The Bertz CT molecular complexity index is 1020. The van der Waals surface area contributed by atoms with Crippen LogP contribution in [0.1, 0.15) is 38.0 Å². The number of hydrogen-bond donors (Lipinski definition) is 1. The Morgan fingerprint density at radius 1 is 1.24 bits per heavy atom. The molecule has 1 aliphatic rings. The van der Waals surface area contributed by atoms with Crippen LogP contribution in [0.4, 0.5) is 5.82 Å². The van der Waals surface area contributed by atoms with Gasteiger partial charge in [-0.2, -0.15) is 0 Å². The van der Waals surface area contributed by atoms with E-state index in [1.807, 2.05) is 0 Å². The molecule has 0 bridgehead atoms. The van der Waals surface area contributed by atoms with Gasteiger partial charge in [0.15, 0.2) is 6.10 Å². The number of pyridine rings is 1. The van der Waals surface area contributed by atoms with E-state index in [2.05, 4.69) is 16.9 Å². The van der Waals surface area contributed by atoms with Gasteiger partial charge in [-0.25, -0.2) is 9.78 Å². The Morgan fingerprint density at radius 3 is 2.62 bits per heavy atom. The van der Waals surface area contributed by atoms with Crippen molar-refractivity contribution < 1.29 is 23.9 Å². The third kappa shape index (κ3) is 4.17. The SMILES string of the molecule is C=CCN1C(=O)c2ccc(C(=O)OC(C)C(=O)Nc3ccc(Cl)cn3)cc2C1=O. The van der Waals surface area contributed by atoms with Crippen molar-refractivity contribution in [3.8, 4) is 0 Å². The molecule has 1 atom stereocenters. The number of hydrogen-bond acceptors (Lipinski definition) is 6. The first-order valence-electron chi connectivity index (χ1n) is 8.56. The van der Waals surface area contributed by atoms with Crippen molar-refractivity contribution in [2.75, 3.05) is 11.9 Å². The molecule has 1 aliphatic heterocycles. The molecule has 0 saturated heterocycles. The van der Waals surface area contributed by atoms with Crippen LogP contribution < -0.4 is 5.32 Å². The van der Waals surface area contributed by atoms with Gasteiger partial charge in [0.1, 0.15) is 5.82 Å². The largest absolute Gasteiger partial charge is 0.449 e. The summed E-state index contributed by atoms with van der Waals surface area (Å²) in [6.07, 6.45) is 1.68. The van der Waals surface area contributed by atoms with Crippen LogP contribution >= 0.6 is 11.6 Å². The first kappa shape index (κ1) is 20.2. The molecular weight excluding hydrogens is 398 g/mol. The Hall–Kier alpha value is -3.52. The summed E-state index contributed by atoms with van der Waals surface area (Å²) in [5.41, 5.74) is 0.358. The number of amides is 3. The topological polar surface area (TPSA) is 106 Å². The molecule has 2 aromatic rings. The van der Waals surface area contributed by atoms with Gasteiger partial charge in [0.2, 0.25) is 0 Å². The lowest BCUT2D eigenvalue weighted by atomic mass is 10.1. The van der Waals surface area contributed by atoms with Gasteiger partial charge in [-0.1, -0.05) is 17.7 Å². The van der Waals surface area contributed by atoms with Crippen molar-refractivity contribution in [2.24, 2.45) is 0 Å². The van der Waals surface area contributed by atoms with Crippen LogP contribution in [-0.2, 0) is 9.53 Å². The zero-order valence-corrected chi connectivity index (χ0v) is 16.1. The van der Waals surface area contributed by atoms with E-state index in [1.165, 1.54) is 43.5 Å². The van der Waals surface area contributed by atoms with Gasteiger partial charge in [-0.3, -0.25) is 19.3 Å². The van der Waals surface area contributed by atoms with Crippen molar-refractivity contribution in [3.05, 3.63) is 70.9 Å². The van der Waals surface area contributed by atoms with Gasteiger partial charge in [0.25, 0.3) is 17.7 Å². The number of fused-ring (bicyclic) bond motifs is 1. The molecule has 8 nitrogen and oxygen atoms in total. The van der Waals surface area contributed by atoms with Crippen LogP contribution in [0.15, 0.2) is 49.2 Å². The molecule has 29 heavy (non-hydrogen) atoms. The van der Waals surface area contributed by atoms with Gasteiger partial charge >= 0.3 is 5.97 Å². The summed E-state index contributed by atoms with van der Waals surface area (Å²) >= 11 is 5.74. The monoisotopic (exact) mass is 413 g/mol. The summed E-state index contributed by atoms with van der Waals surface area (Å²) in [4.78, 5) is 54.1. The summed E-state index contributed by atoms with van der Waals surface area (Å²) in [5.74, 6) is -2.10. The fourth-order valence-corrected chi connectivity index (χ4v) is 2.78. The molecule has 0 fully saturated rings. The Kier molecular flexibility index (Phi) is 5.74. The molecule has 1 N–H and O–H groups in total. The molecule has 148 valence electrons. The van der Waals surface area contributed by atoms with E-state index in [0.29, 0.717) is 5.02 Å². The Balaban J connectivity index is 1.69. The van der Waals surface area contributed by atoms with Crippen molar-refractivity contribution >= 4 is 41.1 Å².